The molecule has 2 aromatic rings. The van der Waals surface area contributed by atoms with E-state index >= 15 is 0 Å². The van der Waals surface area contributed by atoms with Crippen molar-refractivity contribution in [2.75, 3.05) is 6.67 Å². The van der Waals surface area contributed by atoms with Crippen molar-refractivity contribution in [2.24, 2.45) is 5.41 Å². The molecule has 3 amide bonds. The third kappa shape index (κ3) is 3.35. The van der Waals surface area contributed by atoms with Gasteiger partial charge in [-0.05, 0) is 40.8 Å². The van der Waals surface area contributed by atoms with Crippen LogP contribution in [-0.4, -0.2) is 29.0 Å². The smallest absolute Gasteiger partial charge is 0.323 e. The largest absolute Gasteiger partial charge is 0.326 e. The van der Waals surface area contributed by atoms with Gasteiger partial charge in [0.05, 0.1) is 6.67 Å². The molecule has 5 nitrogen and oxygen atoms in total. The van der Waals surface area contributed by atoms with E-state index in [9.17, 15) is 9.59 Å². The lowest BCUT2D eigenvalue weighted by Gasteiger charge is -2.33. The lowest BCUT2D eigenvalue weighted by atomic mass is 9.78. The molecule has 1 aliphatic heterocycles. The van der Waals surface area contributed by atoms with Gasteiger partial charge in [0.1, 0.15) is 5.54 Å². The summed E-state index contributed by atoms with van der Waals surface area (Å²) in [5, 5.41) is 8.52. The number of hydrogen-bond donors (Lipinski definition) is 2. The van der Waals surface area contributed by atoms with Crippen molar-refractivity contribution >= 4 is 23.3 Å². The number of hydrogen-bond acceptors (Lipinski definition) is 4. The van der Waals surface area contributed by atoms with Crippen molar-refractivity contribution in [1.82, 2.24) is 15.5 Å². The van der Waals surface area contributed by atoms with Gasteiger partial charge in [0, 0.05) is 17.3 Å². The van der Waals surface area contributed by atoms with Crippen molar-refractivity contribution in [1.29, 1.82) is 0 Å². The number of imide groups is 1. The molecule has 1 saturated heterocycles. The van der Waals surface area contributed by atoms with Crippen molar-refractivity contribution in [3.05, 3.63) is 57.8 Å². The van der Waals surface area contributed by atoms with E-state index < -0.39 is 5.54 Å². The molecule has 1 aromatic heterocycles. The Morgan fingerprint density at radius 2 is 1.93 bits per heavy atom. The Labute approximate surface area is 170 Å². The molecule has 1 aliphatic carbocycles. The third-order valence-electron chi connectivity index (χ3n) is 5.82. The van der Waals surface area contributed by atoms with E-state index in [0.717, 1.165) is 12.0 Å². The van der Waals surface area contributed by atoms with Crippen LogP contribution in [0.25, 0.3) is 0 Å². The average Bonchev–Trinajstić information content (AvgIpc) is 3.24. The molecule has 28 heavy (non-hydrogen) atoms. The third-order valence-corrected chi connectivity index (χ3v) is 6.76. The molecule has 2 heterocycles. The molecule has 2 aliphatic rings. The number of aryl methyl sites for hydroxylation is 1. The Bertz CT molecular complexity index is 887. The van der Waals surface area contributed by atoms with E-state index in [1.165, 1.54) is 15.3 Å². The van der Waals surface area contributed by atoms with Crippen LogP contribution >= 0.6 is 11.3 Å². The van der Waals surface area contributed by atoms with E-state index in [0.29, 0.717) is 12.8 Å². The second-order valence-electron chi connectivity index (χ2n) is 8.87. The maximum absolute atomic E-state index is 13.3. The predicted molar refractivity (Wildman–Crippen MR) is 111 cm³/mol. The average molecular weight is 398 g/mol. The predicted octanol–water partition coefficient (Wildman–Crippen LogP) is 3.86. The van der Waals surface area contributed by atoms with Crippen LogP contribution in [0, 0.1) is 5.41 Å². The number of amides is 3. The van der Waals surface area contributed by atoms with Gasteiger partial charge in [-0.25, -0.2) is 9.69 Å². The van der Waals surface area contributed by atoms with Crippen LogP contribution in [0.4, 0.5) is 4.79 Å². The molecule has 148 valence electrons. The summed E-state index contributed by atoms with van der Waals surface area (Å²) in [4.78, 5) is 28.5. The fraction of sp³-hybridized carbons (Fsp3) is 0.455. The number of nitrogens with one attached hydrogen (secondary N) is 2. The maximum Gasteiger partial charge on any atom is 0.326 e. The summed E-state index contributed by atoms with van der Waals surface area (Å²) in [5.74, 6) is -0.113. The fourth-order valence-electron chi connectivity index (χ4n) is 4.32. The second kappa shape index (κ2) is 7.01. The number of carbonyl (C=O) groups excluding carboxylic acids is 2. The number of fused-ring (bicyclic) bond motifs is 1. The fourth-order valence-corrected chi connectivity index (χ4v) is 5.36. The van der Waals surface area contributed by atoms with Gasteiger partial charge in [-0.2, -0.15) is 0 Å². The Balaban J connectivity index is 1.51. The number of thiophene rings is 1. The minimum atomic E-state index is -0.798. The standard InChI is InChI=1S/C22H27N3O2S/c1-21(2,3)18(17-9-6-12-28-17)23-14-25-19(26)22(24-20(25)27)11-10-15-7-4-5-8-16(15)13-22/h4-9,12,18,23H,10-11,13-14H2,1-3H3,(H,24,27). The molecule has 2 unspecified atom stereocenters. The van der Waals surface area contributed by atoms with Gasteiger partial charge in [-0.3, -0.25) is 10.1 Å². The van der Waals surface area contributed by atoms with Crippen LogP contribution in [0.5, 0.6) is 0 Å². The SMILES string of the molecule is CC(C)(C)C(NCN1C(=O)NC2(CCc3ccccc3C2)C1=O)c1cccs1. The van der Waals surface area contributed by atoms with Gasteiger partial charge >= 0.3 is 6.03 Å². The second-order valence-corrected chi connectivity index (χ2v) is 9.85. The highest BCUT2D eigenvalue weighted by atomic mass is 32.1. The quantitative estimate of drug-likeness (QED) is 0.770. The molecular formula is C22H27N3O2S. The van der Waals surface area contributed by atoms with E-state index in [2.05, 4.69) is 55.0 Å². The van der Waals surface area contributed by atoms with Crippen LogP contribution in [0.15, 0.2) is 41.8 Å². The zero-order valence-corrected chi connectivity index (χ0v) is 17.4. The van der Waals surface area contributed by atoms with Gasteiger partial charge < -0.3 is 5.32 Å². The molecule has 0 saturated carbocycles. The number of urea groups is 1. The summed E-state index contributed by atoms with van der Waals surface area (Å²) in [6.45, 7) is 6.70. The monoisotopic (exact) mass is 397 g/mol. The number of carbonyl (C=O) groups is 2. The van der Waals surface area contributed by atoms with Gasteiger partial charge in [0.15, 0.2) is 0 Å². The number of nitrogens with zero attached hydrogens (tertiary/aromatic N) is 1. The molecule has 1 spiro atoms. The first kappa shape index (κ1) is 19.2. The normalized spacial score (nSPS) is 23.0. The van der Waals surface area contributed by atoms with Crippen molar-refractivity contribution < 1.29 is 9.59 Å². The van der Waals surface area contributed by atoms with Gasteiger partial charge in [0.2, 0.25) is 0 Å². The zero-order chi connectivity index (χ0) is 19.9. The summed E-state index contributed by atoms with van der Waals surface area (Å²) in [6.07, 6.45) is 2.03. The highest BCUT2D eigenvalue weighted by Crippen LogP contribution is 2.36. The topological polar surface area (TPSA) is 61.4 Å². The van der Waals surface area contributed by atoms with E-state index in [4.69, 9.17) is 0 Å². The van der Waals surface area contributed by atoms with Crippen molar-refractivity contribution in [2.45, 2.75) is 51.6 Å². The minimum absolute atomic E-state index is 0.0361. The van der Waals surface area contributed by atoms with Gasteiger partial charge in [-0.15, -0.1) is 11.3 Å². The molecular weight excluding hydrogens is 370 g/mol. The van der Waals surface area contributed by atoms with Crippen molar-refractivity contribution in [3.8, 4) is 0 Å². The lowest BCUT2D eigenvalue weighted by molar-refractivity contribution is -0.132. The number of benzene rings is 1. The Morgan fingerprint density at radius 1 is 1.18 bits per heavy atom. The van der Waals surface area contributed by atoms with Gasteiger partial charge in [0.25, 0.3) is 5.91 Å². The van der Waals surface area contributed by atoms with Gasteiger partial charge in [-0.1, -0.05) is 51.1 Å². The first-order valence-electron chi connectivity index (χ1n) is 9.78. The molecule has 2 N–H and O–H groups in total. The van der Waals surface area contributed by atoms with Crippen LogP contribution in [0.1, 0.15) is 49.2 Å². The first-order valence-corrected chi connectivity index (χ1v) is 10.7. The Hall–Kier alpha value is -2.18. The molecule has 0 radical (unpaired) electrons. The Kier molecular flexibility index (Phi) is 4.79. The maximum atomic E-state index is 13.3. The highest BCUT2D eigenvalue weighted by molar-refractivity contribution is 7.10. The summed E-state index contributed by atoms with van der Waals surface area (Å²) < 4.78 is 0. The van der Waals surface area contributed by atoms with Crippen molar-refractivity contribution in [3.63, 3.8) is 0 Å². The van der Waals surface area contributed by atoms with Crippen LogP contribution in [-0.2, 0) is 17.6 Å². The van der Waals surface area contributed by atoms with E-state index in [1.807, 2.05) is 18.2 Å². The highest BCUT2D eigenvalue weighted by Gasteiger charge is 2.52. The Morgan fingerprint density at radius 3 is 2.61 bits per heavy atom. The molecule has 2 atom stereocenters. The zero-order valence-electron chi connectivity index (χ0n) is 16.6. The van der Waals surface area contributed by atoms with E-state index in [1.54, 1.807) is 11.3 Å². The van der Waals surface area contributed by atoms with Crippen LogP contribution < -0.4 is 10.6 Å². The summed E-state index contributed by atoms with van der Waals surface area (Å²) in [5.41, 5.74) is 1.60. The summed E-state index contributed by atoms with van der Waals surface area (Å²) >= 11 is 1.69. The number of rotatable bonds is 4. The summed E-state index contributed by atoms with van der Waals surface area (Å²) in [6, 6.07) is 12.1. The first-order chi connectivity index (χ1) is 13.3. The van der Waals surface area contributed by atoms with E-state index in [-0.39, 0.29) is 30.1 Å². The molecule has 4 rings (SSSR count). The van der Waals surface area contributed by atoms with Crippen LogP contribution in [0.2, 0.25) is 0 Å². The molecule has 1 fully saturated rings. The minimum Gasteiger partial charge on any atom is -0.323 e. The lowest BCUT2D eigenvalue weighted by Crippen LogP contribution is -2.51. The summed E-state index contributed by atoms with van der Waals surface area (Å²) in [7, 11) is 0. The molecule has 1 aromatic carbocycles. The van der Waals surface area contributed by atoms with Crippen LogP contribution in [0.3, 0.4) is 0 Å². The molecule has 6 heteroatoms. The molecule has 0 bridgehead atoms.